The van der Waals surface area contributed by atoms with E-state index in [0.717, 1.165) is 29.8 Å². The third-order valence-corrected chi connectivity index (χ3v) is 7.22. The molecule has 0 bridgehead atoms. The predicted molar refractivity (Wildman–Crippen MR) is 153 cm³/mol. The van der Waals surface area contributed by atoms with Crippen LogP contribution in [0.25, 0.3) is 5.76 Å². The first-order valence-electron chi connectivity index (χ1n) is 13.7. The van der Waals surface area contributed by atoms with Gasteiger partial charge in [0.2, 0.25) is 0 Å². The molecule has 1 atom stereocenters. The van der Waals surface area contributed by atoms with Gasteiger partial charge in [-0.05, 0) is 66.2 Å². The number of aliphatic hydroxyl groups is 1. The molecule has 1 aliphatic rings. The van der Waals surface area contributed by atoms with Crippen molar-refractivity contribution < 1.29 is 19.4 Å². The van der Waals surface area contributed by atoms with Crippen molar-refractivity contribution in [2.75, 3.05) is 32.8 Å². The van der Waals surface area contributed by atoms with Crippen LogP contribution in [0.15, 0.2) is 48.0 Å². The number of Topliss-reactive ketones (excluding diaryl/α,β-unsaturated/α-hetero) is 1. The summed E-state index contributed by atoms with van der Waals surface area (Å²) in [6.45, 7) is 20.0. The summed E-state index contributed by atoms with van der Waals surface area (Å²) < 4.78 is 5.84. The van der Waals surface area contributed by atoms with Gasteiger partial charge in [-0.25, -0.2) is 0 Å². The van der Waals surface area contributed by atoms with E-state index in [0.29, 0.717) is 36.9 Å². The Kier molecular flexibility index (Phi) is 9.42. The molecular weight excluding hydrogens is 476 g/mol. The van der Waals surface area contributed by atoms with Gasteiger partial charge in [0.1, 0.15) is 11.5 Å². The van der Waals surface area contributed by atoms with E-state index >= 15 is 0 Å². The van der Waals surface area contributed by atoms with Gasteiger partial charge in [-0.1, -0.05) is 72.7 Å². The average Bonchev–Trinajstić information content (AvgIpc) is 3.12. The number of likely N-dealkylation sites (N-methyl/N-ethyl adjacent to an activating group) is 1. The molecular formula is C32H44N2O4. The molecule has 2 aromatic carbocycles. The second-order valence-electron chi connectivity index (χ2n) is 11.6. The number of carbonyl (C=O) groups excluding carboxylic acids is 2. The average molecular weight is 521 g/mol. The molecule has 38 heavy (non-hydrogen) atoms. The van der Waals surface area contributed by atoms with Gasteiger partial charge in [-0.15, -0.1) is 0 Å². The molecule has 1 aliphatic heterocycles. The van der Waals surface area contributed by atoms with Gasteiger partial charge in [0, 0.05) is 18.7 Å². The zero-order chi connectivity index (χ0) is 28.2. The van der Waals surface area contributed by atoms with Gasteiger partial charge >= 0.3 is 0 Å². The number of nitrogens with zero attached hydrogens (tertiary/aromatic N) is 2. The number of ketones is 1. The zero-order valence-electron chi connectivity index (χ0n) is 24.3. The molecule has 1 N–H and O–H groups in total. The maximum atomic E-state index is 13.4. The van der Waals surface area contributed by atoms with Gasteiger partial charge in [0.25, 0.3) is 11.7 Å². The minimum absolute atomic E-state index is 0.0282. The first-order chi connectivity index (χ1) is 17.9. The van der Waals surface area contributed by atoms with E-state index in [1.165, 1.54) is 0 Å². The molecule has 206 valence electrons. The lowest BCUT2D eigenvalue weighted by molar-refractivity contribution is -0.140. The maximum absolute atomic E-state index is 13.4. The first-order valence-corrected chi connectivity index (χ1v) is 13.7. The first kappa shape index (κ1) is 29.4. The molecule has 0 saturated carbocycles. The van der Waals surface area contributed by atoms with Crippen LogP contribution >= 0.6 is 0 Å². The smallest absolute Gasteiger partial charge is 0.295 e. The van der Waals surface area contributed by atoms with Gasteiger partial charge in [-0.3, -0.25) is 9.59 Å². The van der Waals surface area contributed by atoms with Crippen molar-refractivity contribution >= 4 is 17.4 Å². The van der Waals surface area contributed by atoms with Crippen molar-refractivity contribution in [3.05, 3.63) is 70.3 Å². The van der Waals surface area contributed by atoms with Gasteiger partial charge in [0.05, 0.1) is 18.2 Å². The summed E-state index contributed by atoms with van der Waals surface area (Å²) in [5.74, 6) is -0.266. The number of amides is 1. The van der Waals surface area contributed by atoms with E-state index < -0.39 is 17.7 Å². The third-order valence-electron chi connectivity index (χ3n) is 7.22. The standard InChI is InChI=1S/C32H44N2O4/c1-9-33(10-2)17-18-34-28(23-11-13-24(14-12-23)32(6,7)8)27(30(36)31(34)37)29(35)26-16-15-25(19-22(26)5)38-20-21(3)4/h11-16,19,21,28,35H,9-10,17-18,20H2,1-8H3/t28-/m0/s1. The van der Waals surface area contributed by atoms with Crippen molar-refractivity contribution in [3.8, 4) is 5.75 Å². The Balaban J connectivity index is 2.09. The summed E-state index contributed by atoms with van der Waals surface area (Å²) in [4.78, 5) is 30.6. The largest absolute Gasteiger partial charge is 0.507 e. The molecule has 0 aliphatic carbocycles. The topological polar surface area (TPSA) is 70.1 Å². The molecule has 0 spiro atoms. The number of aliphatic hydroxyl groups excluding tert-OH is 1. The van der Waals surface area contributed by atoms with Crippen molar-refractivity contribution in [1.82, 2.24) is 9.80 Å². The predicted octanol–water partition coefficient (Wildman–Crippen LogP) is 6.09. The lowest BCUT2D eigenvalue weighted by Crippen LogP contribution is -2.38. The summed E-state index contributed by atoms with van der Waals surface area (Å²) in [7, 11) is 0. The molecule has 1 amide bonds. The number of carbonyl (C=O) groups is 2. The Labute approximate surface area is 228 Å². The van der Waals surface area contributed by atoms with Crippen LogP contribution in [0.1, 0.15) is 76.8 Å². The van der Waals surface area contributed by atoms with Crippen molar-refractivity contribution in [1.29, 1.82) is 0 Å². The highest BCUT2D eigenvalue weighted by Gasteiger charge is 2.46. The van der Waals surface area contributed by atoms with Crippen LogP contribution < -0.4 is 4.74 Å². The summed E-state index contributed by atoms with van der Waals surface area (Å²) in [6, 6.07) is 12.8. The van der Waals surface area contributed by atoms with Crippen LogP contribution in [0.4, 0.5) is 0 Å². The van der Waals surface area contributed by atoms with E-state index in [4.69, 9.17) is 4.74 Å². The van der Waals surface area contributed by atoms with E-state index in [9.17, 15) is 14.7 Å². The van der Waals surface area contributed by atoms with Crippen molar-refractivity contribution in [3.63, 3.8) is 0 Å². The minimum Gasteiger partial charge on any atom is -0.507 e. The fourth-order valence-corrected chi connectivity index (χ4v) is 4.81. The van der Waals surface area contributed by atoms with E-state index in [1.54, 1.807) is 17.0 Å². The van der Waals surface area contributed by atoms with Gasteiger partial charge in [0.15, 0.2) is 0 Å². The molecule has 6 nitrogen and oxygen atoms in total. The van der Waals surface area contributed by atoms with Gasteiger partial charge < -0.3 is 19.6 Å². The zero-order valence-corrected chi connectivity index (χ0v) is 24.3. The Hall–Kier alpha value is -3.12. The third kappa shape index (κ3) is 6.47. The molecule has 1 saturated heterocycles. The fourth-order valence-electron chi connectivity index (χ4n) is 4.81. The van der Waals surface area contributed by atoms with E-state index in [-0.39, 0.29) is 16.7 Å². The van der Waals surface area contributed by atoms with E-state index in [1.807, 2.05) is 37.3 Å². The molecule has 6 heteroatoms. The number of hydrogen-bond acceptors (Lipinski definition) is 5. The van der Waals surface area contributed by atoms with Crippen LogP contribution in [0.5, 0.6) is 5.75 Å². The van der Waals surface area contributed by atoms with Crippen LogP contribution in [0.3, 0.4) is 0 Å². The second-order valence-corrected chi connectivity index (χ2v) is 11.6. The highest BCUT2D eigenvalue weighted by Crippen LogP contribution is 2.40. The Bertz CT molecular complexity index is 1170. The molecule has 0 unspecified atom stereocenters. The minimum atomic E-state index is -0.657. The maximum Gasteiger partial charge on any atom is 0.295 e. The highest BCUT2D eigenvalue weighted by atomic mass is 16.5. The molecule has 2 aromatic rings. The summed E-state index contributed by atoms with van der Waals surface area (Å²) in [5, 5.41) is 11.5. The number of benzene rings is 2. The molecule has 0 radical (unpaired) electrons. The number of rotatable bonds is 10. The lowest BCUT2D eigenvalue weighted by atomic mass is 9.85. The fraction of sp³-hybridized carbons (Fsp3) is 0.500. The Morgan fingerprint density at radius 1 is 1.05 bits per heavy atom. The summed E-state index contributed by atoms with van der Waals surface area (Å²) >= 11 is 0. The van der Waals surface area contributed by atoms with Gasteiger partial charge in [-0.2, -0.15) is 0 Å². The number of ether oxygens (including phenoxy) is 1. The Morgan fingerprint density at radius 3 is 2.21 bits per heavy atom. The highest BCUT2D eigenvalue weighted by molar-refractivity contribution is 6.46. The second kappa shape index (κ2) is 12.2. The van der Waals surface area contributed by atoms with Crippen LogP contribution in [0, 0.1) is 12.8 Å². The summed E-state index contributed by atoms with van der Waals surface area (Å²) in [6.07, 6.45) is 0. The normalized spacial score (nSPS) is 17.6. The number of likely N-dealkylation sites (tertiary alicyclic amines) is 1. The lowest BCUT2D eigenvalue weighted by Gasteiger charge is -2.29. The van der Waals surface area contributed by atoms with E-state index in [2.05, 4.69) is 53.4 Å². The summed E-state index contributed by atoms with van der Waals surface area (Å²) in [5.41, 5.74) is 3.39. The SMILES string of the molecule is CCN(CC)CCN1C(=O)C(=O)C(=C(O)c2ccc(OCC(C)C)cc2C)[C@@H]1c1ccc(C(C)(C)C)cc1. The van der Waals surface area contributed by atoms with Crippen LogP contribution in [0.2, 0.25) is 0 Å². The van der Waals surface area contributed by atoms with Crippen molar-refractivity contribution in [2.24, 2.45) is 5.92 Å². The number of aryl methyl sites for hydroxylation is 1. The van der Waals surface area contributed by atoms with Crippen LogP contribution in [-0.2, 0) is 15.0 Å². The monoisotopic (exact) mass is 520 g/mol. The van der Waals surface area contributed by atoms with Crippen LogP contribution in [-0.4, -0.2) is 59.4 Å². The molecule has 3 rings (SSSR count). The quantitative estimate of drug-likeness (QED) is 0.233. The van der Waals surface area contributed by atoms with Crippen molar-refractivity contribution in [2.45, 2.75) is 66.8 Å². The molecule has 1 heterocycles. The molecule has 1 fully saturated rings. The molecule has 0 aromatic heterocycles. The Morgan fingerprint density at radius 2 is 1.68 bits per heavy atom. The number of hydrogen-bond donors (Lipinski definition) is 1.